The number of nitrogens with two attached hydrogens (primary N) is 1. The first-order chi connectivity index (χ1) is 8.16. The van der Waals surface area contributed by atoms with E-state index >= 15 is 0 Å². The normalized spacial score (nSPS) is 9.61. The Hall–Kier alpha value is -2.08. The van der Waals surface area contributed by atoms with Crippen LogP contribution in [0.25, 0.3) is 0 Å². The van der Waals surface area contributed by atoms with Crippen LogP contribution in [0.1, 0.15) is 11.1 Å². The fourth-order valence-electron chi connectivity index (χ4n) is 1.41. The summed E-state index contributed by atoms with van der Waals surface area (Å²) in [7, 11) is 1.84. The number of halogens is 1. The summed E-state index contributed by atoms with van der Waals surface area (Å²) in [4.78, 5) is 4.05. The van der Waals surface area contributed by atoms with Gasteiger partial charge in [0, 0.05) is 25.0 Å². The zero-order valence-electron chi connectivity index (χ0n) is 9.83. The monoisotopic (exact) mass is 267 g/mol. The summed E-state index contributed by atoms with van der Waals surface area (Å²) in [5.74, 6) is 0.308. The Labute approximate surface area is 111 Å². The molecule has 0 radical (unpaired) electrons. The van der Waals surface area contributed by atoms with Crippen LogP contribution in [0, 0.1) is 5.41 Å². The molecule has 0 atom stereocenters. The quantitative estimate of drug-likeness (QED) is 0.641. The van der Waals surface area contributed by atoms with Crippen LogP contribution in [-0.2, 0) is 13.7 Å². The van der Waals surface area contributed by atoms with Gasteiger partial charge in [0.15, 0.2) is 0 Å². The zero-order valence-corrected chi connectivity index (χ0v) is 10.6. The summed E-state index contributed by atoms with van der Waals surface area (Å²) in [6.45, 7) is 0.352. The first-order valence-corrected chi connectivity index (χ1v) is 5.06. The third kappa shape index (κ3) is 3.21. The molecule has 18 heavy (non-hydrogen) atoms. The number of aromatic nitrogens is 3. The average Bonchev–Trinajstić information content (AvgIpc) is 2.73. The lowest BCUT2D eigenvalue weighted by Crippen LogP contribution is -2.13. The third-order valence-corrected chi connectivity index (χ3v) is 2.20. The fraction of sp³-hybridized carbons (Fsp3) is 0.182. The minimum Gasteiger partial charge on any atom is -0.472 e. The van der Waals surface area contributed by atoms with Gasteiger partial charge in [-0.25, -0.2) is 4.98 Å². The van der Waals surface area contributed by atoms with Crippen LogP contribution in [0.15, 0.2) is 30.7 Å². The van der Waals surface area contributed by atoms with Crippen LogP contribution in [0.3, 0.4) is 0 Å². The number of nitrogen functional groups attached to an aromatic ring is 1. The summed E-state index contributed by atoms with van der Waals surface area (Å²) in [5.41, 5.74) is 6.87. The standard InChI is InChI=1S/C11H13N5O.ClH/c1-16-6-8(5-15-16)7-17-11-9(10(12)13)3-2-4-14-11;/h2-6H,7H2,1H3,(H3,12,13);1H. The van der Waals surface area contributed by atoms with Gasteiger partial charge >= 0.3 is 0 Å². The van der Waals surface area contributed by atoms with Crippen LogP contribution in [0.5, 0.6) is 5.88 Å². The molecular weight excluding hydrogens is 254 g/mol. The van der Waals surface area contributed by atoms with E-state index in [9.17, 15) is 0 Å². The second-order valence-electron chi connectivity index (χ2n) is 3.58. The highest BCUT2D eigenvalue weighted by atomic mass is 35.5. The molecule has 3 N–H and O–H groups in total. The lowest BCUT2D eigenvalue weighted by Gasteiger charge is -2.07. The Morgan fingerprint density at radius 2 is 2.33 bits per heavy atom. The van der Waals surface area contributed by atoms with E-state index in [1.54, 1.807) is 29.2 Å². The molecule has 0 spiro atoms. The van der Waals surface area contributed by atoms with Gasteiger partial charge in [-0.15, -0.1) is 12.4 Å². The summed E-state index contributed by atoms with van der Waals surface area (Å²) < 4.78 is 7.21. The maximum atomic E-state index is 7.40. The molecule has 2 aromatic heterocycles. The van der Waals surface area contributed by atoms with Gasteiger partial charge in [-0.05, 0) is 12.1 Å². The molecule has 0 saturated heterocycles. The molecule has 2 aromatic rings. The number of amidine groups is 1. The molecule has 2 rings (SSSR count). The summed E-state index contributed by atoms with van der Waals surface area (Å²) in [6.07, 6.45) is 5.18. The van der Waals surface area contributed by atoms with Gasteiger partial charge in [0.1, 0.15) is 12.4 Å². The van der Waals surface area contributed by atoms with Crippen molar-refractivity contribution in [2.75, 3.05) is 0 Å². The van der Waals surface area contributed by atoms with Crippen molar-refractivity contribution in [3.8, 4) is 5.88 Å². The van der Waals surface area contributed by atoms with Gasteiger partial charge in [-0.1, -0.05) is 0 Å². The number of rotatable bonds is 4. The molecule has 0 aliphatic carbocycles. The van der Waals surface area contributed by atoms with Gasteiger partial charge in [0.25, 0.3) is 0 Å². The summed E-state index contributed by atoms with van der Waals surface area (Å²) >= 11 is 0. The largest absolute Gasteiger partial charge is 0.472 e. The molecule has 2 heterocycles. The molecule has 6 nitrogen and oxygen atoms in total. The molecule has 0 saturated carbocycles. The van der Waals surface area contributed by atoms with E-state index in [2.05, 4.69) is 10.1 Å². The minimum absolute atomic E-state index is 0. The molecule has 0 fully saturated rings. The Bertz CT molecular complexity index is 540. The molecule has 0 amide bonds. The predicted molar refractivity (Wildman–Crippen MR) is 70.0 cm³/mol. The average molecular weight is 268 g/mol. The maximum Gasteiger partial charge on any atom is 0.224 e. The van der Waals surface area contributed by atoms with Crippen molar-refractivity contribution >= 4 is 18.2 Å². The number of hydrogen-bond donors (Lipinski definition) is 2. The number of ether oxygens (including phenoxy) is 1. The number of nitrogens with one attached hydrogen (secondary N) is 1. The van der Waals surface area contributed by atoms with Crippen molar-refractivity contribution < 1.29 is 4.74 Å². The van der Waals surface area contributed by atoms with Gasteiger partial charge in [-0.3, -0.25) is 10.1 Å². The summed E-state index contributed by atoms with van der Waals surface area (Å²) in [5, 5.41) is 11.4. The minimum atomic E-state index is -0.0562. The second-order valence-corrected chi connectivity index (χ2v) is 3.58. The van der Waals surface area contributed by atoms with Gasteiger partial charge in [0.2, 0.25) is 5.88 Å². The van der Waals surface area contributed by atoms with Crippen molar-refractivity contribution in [2.45, 2.75) is 6.61 Å². The van der Waals surface area contributed by atoms with Crippen molar-refractivity contribution in [2.24, 2.45) is 12.8 Å². The summed E-state index contributed by atoms with van der Waals surface area (Å²) in [6, 6.07) is 3.42. The molecule has 0 aromatic carbocycles. The van der Waals surface area contributed by atoms with Gasteiger partial charge < -0.3 is 10.5 Å². The Morgan fingerprint density at radius 1 is 1.56 bits per heavy atom. The predicted octanol–water partition coefficient (Wildman–Crippen LogP) is 1.10. The molecule has 7 heteroatoms. The Morgan fingerprint density at radius 3 is 2.94 bits per heavy atom. The molecule has 0 unspecified atom stereocenters. The van der Waals surface area contributed by atoms with Gasteiger partial charge in [0.05, 0.1) is 11.8 Å². The van der Waals surface area contributed by atoms with Crippen molar-refractivity contribution in [3.63, 3.8) is 0 Å². The van der Waals surface area contributed by atoms with Crippen LogP contribution < -0.4 is 10.5 Å². The molecule has 0 aliphatic rings. The molecule has 0 bridgehead atoms. The molecule has 0 aliphatic heterocycles. The van der Waals surface area contributed by atoms with Gasteiger partial charge in [-0.2, -0.15) is 5.10 Å². The first-order valence-electron chi connectivity index (χ1n) is 5.06. The Kier molecular flexibility index (Phi) is 4.67. The third-order valence-electron chi connectivity index (χ3n) is 2.20. The lowest BCUT2D eigenvalue weighted by molar-refractivity contribution is 0.293. The fourth-order valence-corrected chi connectivity index (χ4v) is 1.41. The number of nitrogens with zero attached hydrogens (tertiary/aromatic N) is 3. The SMILES string of the molecule is Cl.Cn1cc(COc2ncccc2C(=N)N)cn1. The zero-order chi connectivity index (χ0) is 12.3. The Balaban J connectivity index is 0.00000162. The number of pyridine rings is 1. The first kappa shape index (κ1) is 14.0. The van der Waals surface area contributed by atoms with E-state index in [0.717, 1.165) is 5.56 Å². The highest BCUT2D eigenvalue weighted by Crippen LogP contribution is 2.14. The van der Waals surface area contributed by atoms with E-state index < -0.39 is 0 Å². The highest BCUT2D eigenvalue weighted by Gasteiger charge is 2.07. The van der Waals surface area contributed by atoms with E-state index in [1.165, 1.54) is 0 Å². The van der Waals surface area contributed by atoms with Crippen LogP contribution in [-0.4, -0.2) is 20.6 Å². The van der Waals surface area contributed by atoms with Crippen molar-refractivity contribution in [1.29, 1.82) is 5.41 Å². The van der Waals surface area contributed by atoms with Crippen LogP contribution in [0.2, 0.25) is 0 Å². The second kappa shape index (κ2) is 6.02. The van der Waals surface area contributed by atoms with Crippen LogP contribution in [0.4, 0.5) is 0 Å². The maximum absolute atomic E-state index is 7.40. The van der Waals surface area contributed by atoms with E-state index in [1.807, 2.05) is 13.2 Å². The molecule has 96 valence electrons. The topological polar surface area (TPSA) is 89.8 Å². The smallest absolute Gasteiger partial charge is 0.224 e. The van der Waals surface area contributed by atoms with Crippen molar-refractivity contribution in [3.05, 3.63) is 41.9 Å². The van der Waals surface area contributed by atoms with E-state index in [0.29, 0.717) is 18.1 Å². The number of hydrogen-bond acceptors (Lipinski definition) is 4. The highest BCUT2D eigenvalue weighted by molar-refractivity contribution is 5.96. The van der Waals surface area contributed by atoms with E-state index in [-0.39, 0.29) is 18.2 Å². The van der Waals surface area contributed by atoms with Crippen LogP contribution >= 0.6 is 12.4 Å². The number of aryl methyl sites for hydroxylation is 1. The van der Waals surface area contributed by atoms with E-state index in [4.69, 9.17) is 15.9 Å². The van der Waals surface area contributed by atoms with Crippen molar-refractivity contribution in [1.82, 2.24) is 14.8 Å². The molecular formula is C11H14ClN5O. The lowest BCUT2D eigenvalue weighted by atomic mass is 10.2.